The number of hydrogen-bond donors (Lipinski definition) is 1. The van der Waals surface area contributed by atoms with E-state index in [0.29, 0.717) is 18.0 Å². The van der Waals surface area contributed by atoms with Crippen molar-refractivity contribution in [1.82, 2.24) is 9.78 Å². The first kappa shape index (κ1) is 11.6. The first-order valence-corrected chi connectivity index (χ1v) is 5.76. The summed E-state index contributed by atoms with van der Waals surface area (Å²) in [5, 5.41) is 12.2. The van der Waals surface area contributed by atoms with E-state index in [9.17, 15) is 18.0 Å². The molecule has 7 heteroatoms. The maximum absolute atomic E-state index is 12.8. The molecule has 1 aromatic rings. The fourth-order valence-corrected chi connectivity index (χ4v) is 2.88. The van der Waals surface area contributed by atoms with E-state index in [1.807, 2.05) is 0 Å². The average molecular weight is 260 g/mol. The van der Waals surface area contributed by atoms with Crippen LogP contribution in [0.2, 0.25) is 0 Å². The second-order valence-electron chi connectivity index (χ2n) is 4.90. The van der Waals surface area contributed by atoms with Gasteiger partial charge in [-0.1, -0.05) is 0 Å². The monoisotopic (exact) mass is 260 g/mol. The number of carboxylic acid groups (broad SMARTS) is 1. The van der Waals surface area contributed by atoms with Crippen LogP contribution in [0.25, 0.3) is 0 Å². The number of carbonyl (C=O) groups is 1. The molecule has 3 rings (SSSR count). The molecule has 0 amide bonds. The van der Waals surface area contributed by atoms with E-state index in [4.69, 9.17) is 5.11 Å². The third-order valence-electron chi connectivity index (χ3n) is 3.69. The zero-order valence-electron chi connectivity index (χ0n) is 9.37. The lowest BCUT2D eigenvalue weighted by molar-refractivity contribution is -0.143. The molecule has 1 N–H and O–H groups in total. The van der Waals surface area contributed by atoms with Gasteiger partial charge in [-0.15, -0.1) is 0 Å². The molecule has 18 heavy (non-hydrogen) atoms. The van der Waals surface area contributed by atoms with Gasteiger partial charge in [0.15, 0.2) is 5.69 Å². The van der Waals surface area contributed by atoms with Crippen molar-refractivity contribution in [2.45, 2.75) is 37.9 Å². The van der Waals surface area contributed by atoms with Crippen molar-refractivity contribution in [3.05, 3.63) is 17.0 Å². The maximum atomic E-state index is 12.8. The number of rotatable bonds is 2. The molecule has 1 fully saturated rings. The van der Waals surface area contributed by atoms with Crippen LogP contribution in [-0.4, -0.2) is 20.9 Å². The highest BCUT2D eigenvalue weighted by atomic mass is 19.4. The number of fused-ring (bicyclic) bond motifs is 3. The summed E-state index contributed by atoms with van der Waals surface area (Å²) in [7, 11) is 0. The van der Waals surface area contributed by atoms with Crippen LogP contribution < -0.4 is 0 Å². The fourth-order valence-electron chi connectivity index (χ4n) is 2.88. The van der Waals surface area contributed by atoms with Crippen LogP contribution in [0.3, 0.4) is 0 Å². The lowest BCUT2D eigenvalue weighted by atomic mass is 9.95. The molecule has 2 aliphatic carbocycles. The average Bonchev–Trinajstić information content (AvgIpc) is 2.92. The molecule has 0 bridgehead atoms. The van der Waals surface area contributed by atoms with Crippen molar-refractivity contribution in [1.29, 1.82) is 0 Å². The normalized spacial score (nSPS) is 25.5. The Labute approximate surface area is 100 Å². The molecule has 1 aromatic heterocycles. The summed E-state index contributed by atoms with van der Waals surface area (Å²) in [6, 6.07) is 0. The van der Waals surface area contributed by atoms with Crippen LogP contribution in [0.1, 0.15) is 35.7 Å². The second-order valence-corrected chi connectivity index (χ2v) is 4.90. The number of aliphatic carboxylic acids is 1. The van der Waals surface area contributed by atoms with E-state index in [1.165, 1.54) is 0 Å². The van der Waals surface area contributed by atoms with Gasteiger partial charge in [-0.25, -0.2) is 0 Å². The van der Waals surface area contributed by atoms with Crippen molar-refractivity contribution in [2.75, 3.05) is 0 Å². The van der Waals surface area contributed by atoms with E-state index in [1.54, 1.807) is 0 Å². The summed E-state index contributed by atoms with van der Waals surface area (Å²) in [4.78, 5) is 10.7. The van der Waals surface area contributed by atoms with Crippen molar-refractivity contribution in [2.24, 2.45) is 5.92 Å². The van der Waals surface area contributed by atoms with Gasteiger partial charge >= 0.3 is 12.1 Å². The number of aromatic nitrogens is 2. The molecule has 0 aliphatic heterocycles. The Kier molecular flexibility index (Phi) is 2.24. The van der Waals surface area contributed by atoms with Gasteiger partial charge in [0.05, 0.1) is 0 Å². The van der Waals surface area contributed by atoms with Crippen LogP contribution in [0, 0.1) is 5.92 Å². The summed E-state index contributed by atoms with van der Waals surface area (Å²) < 4.78 is 39.6. The SMILES string of the molecule is O=C(O)Cn1nc(C(F)(F)F)c2c1C1CC1CC2. The highest BCUT2D eigenvalue weighted by Gasteiger charge is 2.49. The van der Waals surface area contributed by atoms with Crippen LogP contribution >= 0.6 is 0 Å². The summed E-state index contributed by atoms with van der Waals surface area (Å²) in [5.74, 6) is -0.670. The Bertz CT molecular complexity index is 521. The molecule has 0 aromatic carbocycles. The van der Waals surface area contributed by atoms with Crippen LogP contribution in [0.15, 0.2) is 0 Å². The predicted octanol–water partition coefficient (Wildman–Crippen LogP) is 2.04. The molecule has 1 saturated carbocycles. The fraction of sp³-hybridized carbons (Fsp3) is 0.636. The third kappa shape index (κ3) is 1.69. The summed E-state index contributed by atoms with van der Waals surface area (Å²) in [5.41, 5.74) is -0.187. The lowest BCUT2D eigenvalue weighted by Crippen LogP contribution is -2.14. The number of carboxylic acids is 1. The minimum Gasteiger partial charge on any atom is -0.480 e. The first-order valence-electron chi connectivity index (χ1n) is 5.76. The smallest absolute Gasteiger partial charge is 0.435 e. The Morgan fingerprint density at radius 2 is 2.22 bits per heavy atom. The molecule has 2 unspecified atom stereocenters. The van der Waals surface area contributed by atoms with E-state index < -0.39 is 24.4 Å². The van der Waals surface area contributed by atoms with Crippen LogP contribution in [0.5, 0.6) is 0 Å². The topological polar surface area (TPSA) is 55.1 Å². The minimum atomic E-state index is -4.50. The number of halogens is 3. The Balaban J connectivity index is 2.10. The van der Waals surface area contributed by atoms with Gasteiger partial charge in [-0.05, 0) is 25.2 Å². The van der Waals surface area contributed by atoms with Gasteiger partial charge in [0.2, 0.25) is 0 Å². The van der Waals surface area contributed by atoms with E-state index in [2.05, 4.69) is 5.10 Å². The molecular weight excluding hydrogens is 249 g/mol. The Morgan fingerprint density at radius 3 is 2.83 bits per heavy atom. The zero-order chi connectivity index (χ0) is 13.1. The van der Waals surface area contributed by atoms with Gasteiger partial charge in [0, 0.05) is 17.2 Å². The van der Waals surface area contributed by atoms with Gasteiger partial charge in [0.25, 0.3) is 0 Å². The van der Waals surface area contributed by atoms with Gasteiger partial charge in [-0.3, -0.25) is 9.48 Å². The molecular formula is C11H11F3N2O2. The van der Waals surface area contributed by atoms with Crippen molar-refractivity contribution in [3.63, 3.8) is 0 Å². The molecule has 2 atom stereocenters. The van der Waals surface area contributed by atoms with E-state index >= 15 is 0 Å². The van der Waals surface area contributed by atoms with Crippen LogP contribution in [0.4, 0.5) is 13.2 Å². The highest BCUT2D eigenvalue weighted by molar-refractivity contribution is 5.66. The quantitative estimate of drug-likeness (QED) is 0.885. The summed E-state index contributed by atoms with van der Waals surface area (Å²) >= 11 is 0. The molecule has 2 aliphatic rings. The Morgan fingerprint density at radius 1 is 1.50 bits per heavy atom. The molecule has 4 nitrogen and oxygen atoms in total. The largest absolute Gasteiger partial charge is 0.480 e. The first-order chi connectivity index (χ1) is 8.38. The molecule has 0 saturated heterocycles. The summed E-state index contributed by atoms with van der Waals surface area (Å²) in [6.07, 6.45) is -2.55. The van der Waals surface area contributed by atoms with Gasteiger partial charge < -0.3 is 5.11 Å². The minimum absolute atomic E-state index is 0.0803. The number of nitrogens with zero attached hydrogens (tertiary/aromatic N) is 2. The third-order valence-corrected chi connectivity index (χ3v) is 3.69. The molecule has 0 radical (unpaired) electrons. The zero-order valence-corrected chi connectivity index (χ0v) is 9.37. The molecule has 98 valence electrons. The van der Waals surface area contributed by atoms with Crippen molar-refractivity contribution >= 4 is 5.97 Å². The highest BCUT2D eigenvalue weighted by Crippen LogP contribution is 2.56. The van der Waals surface area contributed by atoms with Gasteiger partial charge in [-0.2, -0.15) is 18.3 Å². The number of alkyl halides is 3. The van der Waals surface area contributed by atoms with Gasteiger partial charge in [0.1, 0.15) is 6.54 Å². The van der Waals surface area contributed by atoms with Crippen LogP contribution in [-0.2, 0) is 23.9 Å². The lowest BCUT2D eigenvalue weighted by Gasteiger charge is -2.13. The molecule has 0 spiro atoms. The maximum Gasteiger partial charge on any atom is 0.435 e. The van der Waals surface area contributed by atoms with Crippen molar-refractivity contribution < 1.29 is 23.1 Å². The summed E-state index contributed by atoms with van der Waals surface area (Å²) in [6.45, 7) is -0.498. The second kappa shape index (κ2) is 3.49. The standard InChI is InChI=1S/C11H11F3N2O2/c12-11(13,14)10-6-2-1-5-3-7(5)9(6)16(15-10)4-8(17)18/h5,7H,1-4H2,(H,17,18). The van der Waals surface area contributed by atoms with Crippen molar-refractivity contribution in [3.8, 4) is 0 Å². The van der Waals surface area contributed by atoms with E-state index in [-0.39, 0.29) is 11.5 Å². The predicted molar refractivity (Wildman–Crippen MR) is 54.0 cm³/mol. The van der Waals surface area contributed by atoms with E-state index in [0.717, 1.165) is 17.5 Å². The molecule has 1 heterocycles. The Hall–Kier alpha value is -1.53. The number of hydrogen-bond acceptors (Lipinski definition) is 2.